The second-order valence-electron chi connectivity index (χ2n) is 7.31. The van der Waals surface area contributed by atoms with Crippen LogP contribution in [0.15, 0.2) is 64.7 Å². The maximum Gasteiger partial charge on any atom is 0.137 e. The predicted molar refractivity (Wildman–Crippen MR) is 124 cm³/mol. The van der Waals surface area contributed by atoms with Crippen LogP contribution in [0.1, 0.15) is 58.4 Å². The van der Waals surface area contributed by atoms with Crippen LogP contribution in [0.25, 0.3) is 17.1 Å². The lowest BCUT2D eigenvalue weighted by Gasteiger charge is -2.14. The van der Waals surface area contributed by atoms with Gasteiger partial charge >= 0.3 is 0 Å². The highest BCUT2D eigenvalue weighted by Gasteiger charge is 2.26. The van der Waals surface area contributed by atoms with Crippen molar-refractivity contribution in [3.63, 3.8) is 0 Å². The summed E-state index contributed by atoms with van der Waals surface area (Å²) in [6, 6.07) is 4.11. The fourth-order valence-electron chi connectivity index (χ4n) is 4.07. The molecule has 0 fully saturated rings. The number of hydrogen-bond acceptors (Lipinski definition) is 2. The smallest absolute Gasteiger partial charge is 0.137 e. The molecule has 1 aliphatic rings. The molecule has 0 bridgehead atoms. The van der Waals surface area contributed by atoms with E-state index in [0.717, 1.165) is 43.1 Å². The summed E-state index contributed by atoms with van der Waals surface area (Å²) < 4.78 is 0. The summed E-state index contributed by atoms with van der Waals surface area (Å²) in [5.74, 6) is 2.73. The number of fused-ring (bicyclic) bond motifs is 1. The number of H-pyrrole nitrogens is 1. The number of terminal acetylenes is 1. The SMILES string of the molecule is C#CCNC1=C(/C(=C\CC)CCC)C(=C/CC)/C(=C/c2c[nH]c3ncccc23)C1. The van der Waals surface area contributed by atoms with Gasteiger partial charge in [-0.2, -0.15) is 0 Å². The number of nitrogens with zero attached hydrogens (tertiary/aromatic N) is 1. The van der Waals surface area contributed by atoms with Crippen LogP contribution in [0.5, 0.6) is 0 Å². The number of rotatable bonds is 8. The lowest BCUT2D eigenvalue weighted by atomic mass is 9.92. The van der Waals surface area contributed by atoms with Gasteiger partial charge in [0.2, 0.25) is 0 Å². The topological polar surface area (TPSA) is 40.7 Å². The first kappa shape index (κ1) is 20.7. The third kappa shape index (κ3) is 4.54. The van der Waals surface area contributed by atoms with Crippen molar-refractivity contribution in [2.75, 3.05) is 6.54 Å². The van der Waals surface area contributed by atoms with E-state index >= 15 is 0 Å². The highest BCUT2D eigenvalue weighted by atomic mass is 14.9. The third-order valence-electron chi connectivity index (χ3n) is 5.20. The molecule has 0 radical (unpaired) electrons. The standard InChI is InChI=1S/C26H31N3/c1-5-10-19(11-6-2)25-22(12-7-3)20(17-24(25)27-14-8-4)16-21-18-29-26-23(21)13-9-15-28-26/h4,9-10,12-13,15-16,18,27H,5-7,11,14,17H2,1-3H3,(H,28,29)/b19-10-,20-16+,22-12+. The Morgan fingerprint density at radius 2 is 2.17 bits per heavy atom. The molecule has 0 saturated carbocycles. The first-order chi connectivity index (χ1) is 14.2. The minimum atomic E-state index is 0.550. The molecule has 0 spiro atoms. The molecule has 2 aromatic heterocycles. The van der Waals surface area contributed by atoms with E-state index in [1.54, 1.807) is 0 Å². The van der Waals surface area contributed by atoms with Crippen LogP contribution in [0, 0.1) is 12.3 Å². The number of pyridine rings is 1. The van der Waals surface area contributed by atoms with E-state index in [9.17, 15) is 0 Å². The maximum atomic E-state index is 5.56. The van der Waals surface area contributed by atoms with Gasteiger partial charge in [-0.1, -0.05) is 45.3 Å². The molecule has 0 amide bonds. The minimum absolute atomic E-state index is 0.550. The van der Waals surface area contributed by atoms with Crippen molar-refractivity contribution in [2.24, 2.45) is 0 Å². The first-order valence-corrected chi connectivity index (χ1v) is 10.7. The number of aromatic nitrogens is 2. The summed E-state index contributed by atoms with van der Waals surface area (Å²) in [4.78, 5) is 7.71. The van der Waals surface area contributed by atoms with E-state index in [4.69, 9.17) is 6.42 Å². The molecule has 0 aromatic carbocycles. The quantitative estimate of drug-likeness (QED) is 0.524. The van der Waals surface area contributed by atoms with E-state index in [1.807, 2.05) is 12.3 Å². The molecule has 2 N–H and O–H groups in total. The summed E-state index contributed by atoms with van der Waals surface area (Å²) in [5.41, 5.74) is 8.82. The Morgan fingerprint density at radius 1 is 1.31 bits per heavy atom. The van der Waals surface area contributed by atoms with E-state index in [1.165, 1.54) is 33.6 Å². The molecule has 0 unspecified atom stereocenters. The summed E-state index contributed by atoms with van der Waals surface area (Å²) in [5, 5.41) is 4.67. The second-order valence-corrected chi connectivity index (χ2v) is 7.31. The van der Waals surface area contributed by atoms with Crippen molar-refractivity contribution in [3.8, 4) is 12.3 Å². The Kier molecular flexibility index (Phi) is 7.14. The van der Waals surface area contributed by atoms with Crippen LogP contribution in [-0.2, 0) is 0 Å². The van der Waals surface area contributed by atoms with Crippen LogP contribution in [0.4, 0.5) is 0 Å². The van der Waals surface area contributed by atoms with Gasteiger partial charge in [0.1, 0.15) is 5.65 Å². The average molecular weight is 386 g/mol. The van der Waals surface area contributed by atoms with Crippen LogP contribution < -0.4 is 5.32 Å². The van der Waals surface area contributed by atoms with Gasteiger partial charge in [-0.05, 0) is 54.2 Å². The molecule has 2 aromatic rings. The summed E-state index contributed by atoms with van der Waals surface area (Å²) in [6.07, 6.45) is 21.6. The Balaban J connectivity index is 2.10. The molecule has 1 aliphatic carbocycles. The monoisotopic (exact) mass is 385 g/mol. The van der Waals surface area contributed by atoms with Crippen LogP contribution in [0.2, 0.25) is 0 Å². The van der Waals surface area contributed by atoms with E-state index in [-0.39, 0.29) is 0 Å². The Labute approximate surface area is 174 Å². The number of hydrogen-bond donors (Lipinski definition) is 2. The van der Waals surface area contributed by atoms with E-state index < -0.39 is 0 Å². The Morgan fingerprint density at radius 3 is 2.90 bits per heavy atom. The molecule has 0 saturated heterocycles. The summed E-state index contributed by atoms with van der Waals surface area (Å²) >= 11 is 0. The zero-order valence-electron chi connectivity index (χ0n) is 17.8. The molecule has 3 nitrogen and oxygen atoms in total. The highest BCUT2D eigenvalue weighted by molar-refractivity contribution is 5.88. The van der Waals surface area contributed by atoms with Crippen molar-refractivity contribution >= 4 is 17.1 Å². The van der Waals surface area contributed by atoms with Crippen molar-refractivity contribution < 1.29 is 0 Å². The van der Waals surface area contributed by atoms with Gasteiger partial charge < -0.3 is 10.3 Å². The van der Waals surface area contributed by atoms with Crippen molar-refractivity contribution in [3.05, 3.63) is 70.2 Å². The van der Waals surface area contributed by atoms with E-state index in [2.05, 4.69) is 72.5 Å². The van der Waals surface area contributed by atoms with Crippen molar-refractivity contribution in [1.29, 1.82) is 0 Å². The van der Waals surface area contributed by atoms with E-state index in [0.29, 0.717) is 6.54 Å². The van der Waals surface area contributed by atoms with Gasteiger partial charge in [0.25, 0.3) is 0 Å². The molecule has 150 valence electrons. The molecule has 0 aliphatic heterocycles. The zero-order valence-corrected chi connectivity index (χ0v) is 17.8. The highest BCUT2D eigenvalue weighted by Crippen LogP contribution is 2.42. The minimum Gasteiger partial charge on any atom is -0.377 e. The molecular formula is C26H31N3. The Bertz CT molecular complexity index is 1020. The number of nitrogens with one attached hydrogen (secondary N) is 2. The fraction of sp³-hybridized carbons (Fsp3) is 0.346. The second kappa shape index (κ2) is 9.98. The maximum absolute atomic E-state index is 5.56. The van der Waals surface area contributed by atoms with Crippen LogP contribution in [0.3, 0.4) is 0 Å². The predicted octanol–water partition coefficient (Wildman–Crippen LogP) is 6.30. The van der Waals surface area contributed by atoms with Crippen LogP contribution >= 0.6 is 0 Å². The number of aromatic amines is 1. The first-order valence-electron chi connectivity index (χ1n) is 10.7. The molecule has 3 heteroatoms. The Hall–Kier alpha value is -2.99. The molecule has 2 heterocycles. The van der Waals surface area contributed by atoms with Gasteiger partial charge in [-0.15, -0.1) is 6.42 Å². The molecular weight excluding hydrogens is 354 g/mol. The van der Waals surface area contributed by atoms with Gasteiger partial charge in [-0.25, -0.2) is 4.98 Å². The zero-order chi connectivity index (χ0) is 20.6. The summed E-state index contributed by atoms with van der Waals surface area (Å²) in [6.45, 7) is 7.20. The van der Waals surface area contributed by atoms with Gasteiger partial charge in [0.15, 0.2) is 0 Å². The lowest BCUT2D eigenvalue weighted by Crippen LogP contribution is -2.13. The van der Waals surface area contributed by atoms with Gasteiger partial charge in [0.05, 0.1) is 6.54 Å². The summed E-state index contributed by atoms with van der Waals surface area (Å²) in [7, 11) is 0. The largest absolute Gasteiger partial charge is 0.377 e. The van der Waals surface area contributed by atoms with Crippen molar-refractivity contribution in [2.45, 2.75) is 52.9 Å². The molecule has 0 atom stereocenters. The van der Waals surface area contributed by atoms with Crippen LogP contribution in [-0.4, -0.2) is 16.5 Å². The average Bonchev–Trinajstić information content (AvgIpc) is 3.29. The van der Waals surface area contributed by atoms with Gasteiger partial charge in [-0.3, -0.25) is 0 Å². The molecule has 3 rings (SSSR count). The third-order valence-corrected chi connectivity index (χ3v) is 5.20. The lowest BCUT2D eigenvalue weighted by molar-refractivity contribution is 0.861. The van der Waals surface area contributed by atoms with Crippen molar-refractivity contribution in [1.82, 2.24) is 15.3 Å². The molecule has 29 heavy (non-hydrogen) atoms. The number of allylic oxidation sites excluding steroid dienone is 6. The normalized spacial score (nSPS) is 17.5. The fourth-order valence-corrected chi connectivity index (χ4v) is 4.07. The van der Waals surface area contributed by atoms with Gasteiger partial charge in [0, 0.05) is 41.0 Å².